The highest BCUT2D eigenvalue weighted by atomic mass is 32.2. The van der Waals surface area contributed by atoms with E-state index in [1.807, 2.05) is 13.8 Å². The van der Waals surface area contributed by atoms with Gasteiger partial charge in [-0.1, -0.05) is 44.5 Å². The molecule has 1 heterocycles. The SMILES string of the molecule is CC[C@H](C)[C@H](N=C1NS(=O)(=O)c2ccccc21)C(=O)NCc1ccc(S(=O)(=O)NC)cc1. The number of nitrogens with one attached hydrogen (secondary N) is 3. The van der Waals surface area contributed by atoms with Crippen LogP contribution in [0.3, 0.4) is 0 Å². The number of amides is 1. The molecule has 1 amide bonds. The molecule has 9 nitrogen and oxygen atoms in total. The zero-order valence-electron chi connectivity index (χ0n) is 18.0. The van der Waals surface area contributed by atoms with Crippen LogP contribution in [0.5, 0.6) is 0 Å². The lowest BCUT2D eigenvalue weighted by atomic mass is 9.98. The Morgan fingerprint density at radius 3 is 2.41 bits per heavy atom. The molecular weight excluding hydrogens is 452 g/mol. The molecule has 1 aliphatic rings. The average Bonchev–Trinajstić information content (AvgIpc) is 3.05. The molecule has 1 aliphatic heterocycles. The molecule has 2 aromatic carbocycles. The van der Waals surface area contributed by atoms with Crippen molar-refractivity contribution in [3.63, 3.8) is 0 Å². The van der Waals surface area contributed by atoms with Gasteiger partial charge in [-0.2, -0.15) is 0 Å². The van der Waals surface area contributed by atoms with E-state index in [1.54, 1.807) is 30.3 Å². The summed E-state index contributed by atoms with van der Waals surface area (Å²) in [4.78, 5) is 17.7. The Balaban J connectivity index is 1.79. The zero-order chi connectivity index (χ0) is 23.5. The van der Waals surface area contributed by atoms with Gasteiger partial charge in [-0.05, 0) is 42.8 Å². The lowest BCUT2D eigenvalue weighted by Gasteiger charge is -2.19. The number of aliphatic imine (C=N–C) groups is 1. The van der Waals surface area contributed by atoms with Crippen LogP contribution in [0.1, 0.15) is 31.4 Å². The average molecular weight is 479 g/mol. The zero-order valence-corrected chi connectivity index (χ0v) is 19.6. The molecule has 0 aromatic heterocycles. The highest BCUT2D eigenvalue weighted by molar-refractivity contribution is 7.90. The third kappa shape index (κ3) is 5.00. The number of benzene rings is 2. The summed E-state index contributed by atoms with van der Waals surface area (Å²) in [6, 6.07) is 11.9. The van der Waals surface area contributed by atoms with Crippen molar-refractivity contribution in [1.29, 1.82) is 0 Å². The second-order valence-corrected chi connectivity index (χ2v) is 11.0. The van der Waals surface area contributed by atoms with Crippen LogP contribution in [-0.2, 0) is 31.4 Å². The van der Waals surface area contributed by atoms with E-state index >= 15 is 0 Å². The third-order valence-corrected chi connectivity index (χ3v) is 8.18. The minimum Gasteiger partial charge on any atom is -0.350 e. The molecule has 32 heavy (non-hydrogen) atoms. The molecule has 0 fully saturated rings. The maximum Gasteiger partial charge on any atom is 0.263 e. The van der Waals surface area contributed by atoms with E-state index in [4.69, 9.17) is 0 Å². The summed E-state index contributed by atoms with van der Waals surface area (Å²) in [6.45, 7) is 3.98. The first-order chi connectivity index (χ1) is 15.1. The summed E-state index contributed by atoms with van der Waals surface area (Å²) in [6.07, 6.45) is 0.667. The summed E-state index contributed by atoms with van der Waals surface area (Å²) >= 11 is 0. The fourth-order valence-electron chi connectivity index (χ4n) is 3.23. The Morgan fingerprint density at radius 2 is 1.78 bits per heavy atom. The molecule has 11 heteroatoms. The topological polar surface area (TPSA) is 134 Å². The first kappa shape index (κ1) is 23.9. The Labute approximate surface area is 188 Å². The number of amidine groups is 1. The molecule has 172 valence electrons. The van der Waals surface area contributed by atoms with E-state index < -0.39 is 26.1 Å². The monoisotopic (exact) mass is 478 g/mol. The fraction of sp³-hybridized carbons (Fsp3) is 0.333. The molecule has 3 rings (SSSR count). The summed E-state index contributed by atoms with van der Waals surface area (Å²) in [5.74, 6) is -0.326. The van der Waals surface area contributed by atoms with Crippen molar-refractivity contribution >= 4 is 31.8 Å². The quantitative estimate of drug-likeness (QED) is 0.527. The molecule has 2 atom stereocenters. The predicted molar refractivity (Wildman–Crippen MR) is 121 cm³/mol. The molecule has 3 N–H and O–H groups in total. The van der Waals surface area contributed by atoms with Crippen LogP contribution < -0.4 is 14.8 Å². The van der Waals surface area contributed by atoms with Gasteiger partial charge in [0.2, 0.25) is 15.9 Å². The number of hydrogen-bond donors (Lipinski definition) is 3. The van der Waals surface area contributed by atoms with Gasteiger partial charge in [-0.3, -0.25) is 14.5 Å². The fourth-order valence-corrected chi connectivity index (χ4v) is 5.20. The molecule has 0 bridgehead atoms. The van der Waals surface area contributed by atoms with Crippen LogP contribution >= 0.6 is 0 Å². The van der Waals surface area contributed by atoms with Crippen LogP contribution in [0.15, 0.2) is 63.3 Å². The maximum absolute atomic E-state index is 12.9. The lowest BCUT2D eigenvalue weighted by Crippen LogP contribution is -2.38. The lowest BCUT2D eigenvalue weighted by molar-refractivity contribution is -0.123. The molecule has 0 saturated heterocycles. The van der Waals surface area contributed by atoms with Crippen LogP contribution in [0.25, 0.3) is 0 Å². The number of rotatable bonds is 8. The van der Waals surface area contributed by atoms with E-state index in [9.17, 15) is 21.6 Å². The van der Waals surface area contributed by atoms with Gasteiger partial charge in [0.1, 0.15) is 11.9 Å². The number of carbonyl (C=O) groups is 1. The minimum atomic E-state index is -3.70. The molecule has 0 radical (unpaired) electrons. The number of nitrogens with zero attached hydrogens (tertiary/aromatic N) is 1. The molecule has 0 aliphatic carbocycles. The highest BCUT2D eigenvalue weighted by Gasteiger charge is 2.33. The Bertz CT molecular complexity index is 1240. The van der Waals surface area contributed by atoms with Crippen molar-refractivity contribution in [3.05, 3.63) is 59.7 Å². The van der Waals surface area contributed by atoms with Crippen molar-refractivity contribution in [2.75, 3.05) is 7.05 Å². The van der Waals surface area contributed by atoms with Crippen molar-refractivity contribution < 1.29 is 21.6 Å². The van der Waals surface area contributed by atoms with E-state index in [0.717, 1.165) is 5.56 Å². The van der Waals surface area contributed by atoms with Crippen LogP contribution in [0.2, 0.25) is 0 Å². The first-order valence-electron chi connectivity index (χ1n) is 10.1. The second kappa shape index (κ2) is 9.39. The Kier molecular flexibility index (Phi) is 7.01. The summed E-state index contributed by atoms with van der Waals surface area (Å²) in [7, 11) is -5.90. The van der Waals surface area contributed by atoms with Gasteiger partial charge in [0, 0.05) is 12.1 Å². The van der Waals surface area contributed by atoms with Crippen molar-refractivity contribution in [2.24, 2.45) is 10.9 Å². The highest BCUT2D eigenvalue weighted by Crippen LogP contribution is 2.24. The molecule has 2 aromatic rings. The number of hydrogen-bond acceptors (Lipinski definition) is 6. The maximum atomic E-state index is 12.9. The van der Waals surface area contributed by atoms with Gasteiger partial charge < -0.3 is 5.32 Å². The van der Waals surface area contributed by atoms with Gasteiger partial charge in [-0.15, -0.1) is 0 Å². The molecular formula is C21H26N4O5S2. The van der Waals surface area contributed by atoms with Crippen LogP contribution in [0.4, 0.5) is 0 Å². The largest absolute Gasteiger partial charge is 0.350 e. The van der Waals surface area contributed by atoms with E-state index in [1.165, 1.54) is 25.2 Å². The molecule has 0 unspecified atom stereocenters. The second-order valence-electron chi connectivity index (χ2n) is 7.48. The van der Waals surface area contributed by atoms with Gasteiger partial charge >= 0.3 is 0 Å². The third-order valence-electron chi connectivity index (χ3n) is 5.35. The number of carbonyl (C=O) groups excluding carboxylic acids is 1. The first-order valence-corrected chi connectivity index (χ1v) is 13.1. The van der Waals surface area contributed by atoms with Crippen molar-refractivity contribution in [1.82, 2.24) is 14.8 Å². The summed E-state index contributed by atoms with van der Waals surface area (Å²) in [5.41, 5.74) is 1.16. The van der Waals surface area contributed by atoms with E-state index in [-0.39, 0.29) is 34.0 Å². The van der Waals surface area contributed by atoms with E-state index in [0.29, 0.717) is 12.0 Å². The number of sulfonamides is 2. The van der Waals surface area contributed by atoms with Crippen molar-refractivity contribution in [3.8, 4) is 0 Å². The summed E-state index contributed by atoms with van der Waals surface area (Å²) in [5, 5.41) is 2.82. The van der Waals surface area contributed by atoms with Crippen LogP contribution in [-0.4, -0.2) is 41.7 Å². The van der Waals surface area contributed by atoms with Gasteiger partial charge in [0.05, 0.1) is 9.79 Å². The van der Waals surface area contributed by atoms with Crippen molar-refractivity contribution in [2.45, 2.75) is 42.6 Å². The molecule has 0 spiro atoms. The van der Waals surface area contributed by atoms with Gasteiger partial charge in [-0.25, -0.2) is 21.6 Å². The van der Waals surface area contributed by atoms with Gasteiger partial charge in [0.25, 0.3) is 10.0 Å². The standard InChI is InChI=1S/C21H26N4O5S2/c1-4-14(2)19(24-20-17-7-5-6-8-18(17)32(29,30)25-20)21(26)23-13-15-9-11-16(12-10-15)31(27,28)22-3/h5-12,14,19,22H,4,13H2,1-3H3,(H,23,26)(H,24,25)/t14-,19-/m0/s1. The van der Waals surface area contributed by atoms with Crippen LogP contribution in [0, 0.1) is 5.92 Å². The van der Waals surface area contributed by atoms with Gasteiger partial charge in [0.15, 0.2) is 0 Å². The van der Waals surface area contributed by atoms with E-state index in [2.05, 4.69) is 19.8 Å². The smallest absolute Gasteiger partial charge is 0.263 e. The Hall–Kier alpha value is -2.76. The summed E-state index contributed by atoms with van der Waals surface area (Å²) < 4.78 is 53.0. The number of fused-ring (bicyclic) bond motifs is 1. The molecule has 0 saturated carbocycles. The normalized spacial score (nSPS) is 17.9. The minimum absolute atomic E-state index is 0.131. The Morgan fingerprint density at radius 1 is 1.12 bits per heavy atom. The predicted octanol–water partition coefficient (Wildman–Crippen LogP) is 1.36.